The van der Waals surface area contributed by atoms with Gasteiger partial charge in [0.25, 0.3) is 0 Å². The Hall–Kier alpha value is -0.570. The van der Waals surface area contributed by atoms with Crippen molar-refractivity contribution in [2.45, 2.75) is 63.1 Å². The normalized spacial score (nSPS) is 39.9. The summed E-state index contributed by atoms with van der Waals surface area (Å²) in [4.78, 5) is 11.8. The second-order valence-electron chi connectivity index (χ2n) is 5.44. The fraction of sp³-hybridized carbons (Fsp3) is 0.917. The van der Waals surface area contributed by atoms with E-state index in [1.165, 1.54) is 19.3 Å². The van der Waals surface area contributed by atoms with Crippen LogP contribution in [0.3, 0.4) is 0 Å². The Kier molecular flexibility index (Phi) is 2.43. The summed E-state index contributed by atoms with van der Waals surface area (Å²) in [6.45, 7) is 0. The van der Waals surface area contributed by atoms with Gasteiger partial charge in [0, 0.05) is 24.0 Å². The molecule has 0 aromatic carbocycles. The van der Waals surface area contributed by atoms with Gasteiger partial charge in [-0.3, -0.25) is 4.79 Å². The third-order valence-corrected chi connectivity index (χ3v) is 4.30. The van der Waals surface area contributed by atoms with Gasteiger partial charge in [0.1, 0.15) is 0 Å². The van der Waals surface area contributed by atoms with E-state index >= 15 is 0 Å². The van der Waals surface area contributed by atoms with Crippen LogP contribution >= 0.6 is 0 Å². The summed E-state index contributed by atoms with van der Waals surface area (Å²) in [5, 5.41) is 6.84. The number of nitrogens with one attached hydrogen (secondary N) is 2. The van der Waals surface area contributed by atoms with Crippen LogP contribution in [0.5, 0.6) is 0 Å². The molecule has 1 aliphatic carbocycles. The highest BCUT2D eigenvalue weighted by Crippen LogP contribution is 2.29. The second kappa shape index (κ2) is 3.78. The largest absolute Gasteiger partial charge is 0.353 e. The maximum atomic E-state index is 11.8. The van der Waals surface area contributed by atoms with Gasteiger partial charge in [-0.1, -0.05) is 6.42 Å². The SMILES string of the molecule is O=C(NC1CC2CCC(C1)N2)C1CCC1. The Morgan fingerprint density at radius 2 is 1.73 bits per heavy atom. The predicted molar refractivity (Wildman–Crippen MR) is 58.5 cm³/mol. The van der Waals surface area contributed by atoms with Crippen molar-refractivity contribution < 1.29 is 4.79 Å². The van der Waals surface area contributed by atoms with Gasteiger partial charge in [-0.2, -0.15) is 0 Å². The Balaban J connectivity index is 1.52. The molecule has 2 saturated heterocycles. The number of fused-ring (bicyclic) bond motifs is 2. The van der Waals surface area contributed by atoms with Crippen LogP contribution in [-0.4, -0.2) is 24.0 Å². The van der Waals surface area contributed by atoms with E-state index in [9.17, 15) is 4.79 Å². The van der Waals surface area contributed by atoms with Crippen molar-refractivity contribution >= 4 is 5.91 Å². The molecule has 2 N–H and O–H groups in total. The molecule has 2 atom stereocenters. The minimum Gasteiger partial charge on any atom is -0.353 e. The summed E-state index contributed by atoms with van der Waals surface area (Å²) >= 11 is 0. The molecule has 2 aliphatic heterocycles. The van der Waals surface area contributed by atoms with Gasteiger partial charge in [-0.25, -0.2) is 0 Å². The van der Waals surface area contributed by atoms with E-state index in [0.29, 0.717) is 30.0 Å². The van der Waals surface area contributed by atoms with Gasteiger partial charge in [0.2, 0.25) is 5.91 Å². The number of hydrogen-bond acceptors (Lipinski definition) is 2. The van der Waals surface area contributed by atoms with Gasteiger partial charge in [0.15, 0.2) is 0 Å². The Bertz CT molecular complexity index is 250. The third-order valence-electron chi connectivity index (χ3n) is 4.30. The van der Waals surface area contributed by atoms with Crippen molar-refractivity contribution in [3.63, 3.8) is 0 Å². The summed E-state index contributed by atoms with van der Waals surface area (Å²) in [5.41, 5.74) is 0. The lowest BCUT2D eigenvalue weighted by Crippen LogP contribution is -2.49. The first-order valence-corrected chi connectivity index (χ1v) is 6.37. The molecule has 2 bridgehead atoms. The molecule has 0 spiro atoms. The molecule has 3 nitrogen and oxygen atoms in total. The zero-order valence-corrected chi connectivity index (χ0v) is 9.17. The van der Waals surface area contributed by atoms with Gasteiger partial charge in [-0.05, 0) is 38.5 Å². The summed E-state index contributed by atoms with van der Waals surface area (Å²) in [7, 11) is 0. The average Bonchev–Trinajstić information content (AvgIpc) is 2.42. The number of piperidine rings is 1. The maximum absolute atomic E-state index is 11.8. The van der Waals surface area contributed by atoms with E-state index in [1.54, 1.807) is 0 Å². The molecular weight excluding hydrogens is 188 g/mol. The van der Waals surface area contributed by atoms with Crippen molar-refractivity contribution in [2.75, 3.05) is 0 Å². The first-order chi connectivity index (χ1) is 7.31. The van der Waals surface area contributed by atoms with E-state index in [2.05, 4.69) is 10.6 Å². The zero-order chi connectivity index (χ0) is 10.3. The lowest BCUT2D eigenvalue weighted by atomic mass is 9.84. The molecule has 3 fully saturated rings. The molecule has 0 aromatic rings. The fourth-order valence-corrected chi connectivity index (χ4v) is 3.16. The molecule has 2 heterocycles. The van der Waals surface area contributed by atoms with Crippen LogP contribution in [0, 0.1) is 5.92 Å². The minimum absolute atomic E-state index is 0.326. The maximum Gasteiger partial charge on any atom is 0.223 e. The first kappa shape index (κ1) is 9.64. The third kappa shape index (κ3) is 1.89. The van der Waals surface area contributed by atoms with Gasteiger partial charge in [-0.15, -0.1) is 0 Å². The molecule has 3 aliphatic rings. The minimum atomic E-state index is 0.326. The van der Waals surface area contributed by atoms with Gasteiger partial charge < -0.3 is 10.6 Å². The summed E-state index contributed by atoms with van der Waals surface area (Å²) < 4.78 is 0. The van der Waals surface area contributed by atoms with E-state index in [1.807, 2.05) is 0 Å². The first-order valence-electron chi connectivity index (χ1n) is 6.37. The Morgan fingerprint density at radius 1 is 1.07 bits per heavy atom. The highest BCUT2D eigenvalue weighted by molar-refractivity contribution is 5.79. The smallest absolute Gasteiger partial charge is 0.223 e. The van der Waals surface area contributed by atoms with Crippen molar-refractivity contribution in [1.29, 1.82) is 0 Å². The van der Waals surface area contributed by atoms with Crippen LogP contribution in [0.25, 0.3) is 0 Å². The Labute approximate surface area is 91.0 Å². The Morgan fingerprint density at radius 3 is 2.27 bits per heavy atom. The van der Waals surface area contributed by atoms with Crippen molar-refractivity contribution in [3.05, 3.63) is 0 Å². The quantitative estimate of drug-likeness (QED) is 0.715. The highest BCUT2D eigenvalue weighted by Gasteiger charge is 2.35. The van der Waals surface area contributed by atoms with E-state index in [-0.39, 0.29) is 0 Å². The number of amides is 1. The predicted octanol–water partition coefficient (Wildman–Crippen LogP) is 1.19. The summed E-state index contributed by atoms with van der Waals surface area (Å²) in [6, 6.07) is 1.81. The van der Waals surface area contributed by atoms with E-state index in [4.69, 9.17) is 0 Å². The van der Waals surface area contributed by atoms with Crippen molar-refractivity contribution in [3.8, 4) is 0 Å². The average molecular weight is 208 g/mol. The van der Waals surface area contributed by atoms with Crippen LogP contribution in [0.4, 0.5) is 0 Å². The second-order valence-corrected chi connectivity index (χ2v) is 5.44. The van der Waals surface area contributed by atoms with Gasteiger partial charge in [0.05, 0.1) is 0 Å². The molecular formula is C12H20N2O. The number of hydrogen-bond donors (Lipinski definition) is 2. The molecule has 3 rings (SSSR count). The number of rotatable bonds is 2. The number of carbonyl (C=O) groups is 1. The summed E-state index contributed by atoms with van der Waals surface area (Å²) in [5.74, 6) is 0.671. The van der Waals surface area contributed by atoms with Crippen LogP contribution in [-0.2, 0) is 4.79 Å². The standard InChI is InChI=1S/C12H20N2O/c15-12(8-2-1-3-8)14-11-6-9-4-5-10(7-11)13-9/h8-11,13H,1-7H2,(H,14,15). The zero-order valence-electron chi connectivity index (χ0n) is 9.17. The molecule has 84 valence electrons. The van der Waals surface area contributed by atoms with Crippen molar-refractivity contribution in [1.82, 2.24) is 10.6 Å². The molecule has 2 unspecified atom stereocenters. The van der Waals surface area contributed by atoms with E-state index in [0.717, 1.165) is 25.7 Å². The molecule has 1 saturated carbocycles. The topological polar surface area (TPSA) is 41.1 Å². The molecule has 0 radical (unpaired) electrons. The number of carbonyl (C=O) groups excluding carboxylic acids is 1. The monoisotopic (exact) mass is 208 g/mol. The van der Waals surface area contributed by atoms with Crippen LogP contribution in [0.2, 0.25) is 0 Å². The van der Waals surface area contributed by atoms with Crippen molar-refractivity contribution in [2.24, 2.45) is 5.92 Å². The lowest BCUT2D eigenvalue weighted by Gasteiger charge is -2.32. The molecule has 15 heavy (non-hydrogen) atoms. The molecule has 0 aromatic heterocycles. The van der Waals surface area contributed by atoms with Crippen LogP contribution < -0.4 is 10.6 Å². The summed E-state index contributed by atoms with van der Waals surface area (Å²) in [6.07, 6.45) is 8.38. The van der Waals surface area contributed by atoms with Gasteiger partial charge >= 0.3 is 0 Å². The molecule has 1 amide bonds. The van der Waals surface area contributed by atoms with Crippen LogP contribution in [0.15, 0.2) is 0 Å². The van der Waals surface area contributed by atoms with E-state index < -0.39 is 0 Å². The molecule has 3 heteroatoms. The fourth-order valence-electron chi connectivity index (χ4n) is 3.16. The van der Waals surface area contributed by atoms with Crippen LogP contribution in [0.1, 0.15) is 44.9 Å². The highest BCUT2D eigenvalue weighted by atomic mass is 16.2. The lowest BCUT2D eigenvalue weighted by molar-refractivity contribution is -0.128.